The Morgan fingerprint density at radius 1 is 0.242 bits per heavy atom. The van der Waals surface area contributed by atoms with Gasteiger partial charge >= 0.3 is 0 Å². The van der Waals surface area contributed by atoms with E-state index in [9.17, 15) is 4.39 Å². The Kier molecular flexibility index (Phi) is 23.8. The van der Waals surface area contributed by atoms with E-state index in [0.717, 1.165) is 121 Å². The highest BCUT2D eigenvalue weighted by Gasteiger charge is 2.41. The summed E-state index contributed by atoms with van der Waals surface area (Å²) in [4.78, 5) is 0. The van der Waals surface area contributed by atoms with Crippen molar-refractivity contribution in [3.63, 3.8) is 0 Å². The lowest BCUT2D eigenvalue weighted by molar-refractivity contribution is -0.659. The van der Waals surface area contributed by atoms with Crippen molar-refractivity contribution in [1.29, 1.82) is 0 Å². The van der Waals surface area contributed by atoms with Gasteiger partial charge in [0.1, 0.15) is 39.8 Å². The largest absolute Gasteiger partial charge is 0.223 e. The third-order valence-corrected chi connectivity index (χ3v) is 33.2. The molecule has 0 N–H and O–H groups in total. The number of benzene rings is 11. The fourth-order valence-corrected chi connectivity index (χ4v) is 26.1. The number of fused-ring (bicyclic) bond motifs is 16. The van der Waals surface area contributed by atoms with Gasteiger partial charge in [0.05, 0.1) is 32.7 Å². The molecule has 4 aromatic heterocycles. The summed E-state index contributed by atoms with van der Waals surface area (Å²) >= 11 is 0. The molecule has 4 heterocycles. The molecule has 4 nitrogen and oxygen atoms in total. The third-order valence-electron chi connectivity index (χ3n) is 33.2. The van der Waals surface area contributed by atoms with Gasteiger partial charge in [-0.15, -0.1) is 0 Å². The number of halogens is 2. The summed E-state index contributed by atoms with van der Waals surface area (Å²) in [5.74, 6) is 10.0. The molecule has 12 aliphatic carbocycles. The molecule has 12 fully saturated rings. The van der Waals surface area contributed by atoms with Crippen LogP contribution in [0.3, 0.4) is 0 Å². The summed E-state index contributed by atoms with van der Waals surface area (Å²) in [6, 6.07) is 84.5. The van der Waals surface area contributed by atoms with Gasteiger partial charge in [0.2, 0.25) is 22.8 Å². The van der Waals surface area contributed by atoms with Gasteiger partial charge in [0.15, 0.2) is 24.8 Å². The summed E-state index contributed by atoms with van der Waals surface area (Å²) in [6.07, 6.45) is 37.2. The summed E-state index contributed by atoms with van der Waals surface area (Å²) in [7, 11) is 8.47. The predicted molar refractivity (Wildman–Crippen MR) is 528 cm³/mol. The average molecular weight is 1690 g/mol. The van der Waals surface area contributed by atoms with Crippen molar-refractivity contribution in [2.75, 3.05) is 0 Å². The van der Waals surface area contributed by atoms with Gasteiger partial charge in [-0.05, 0) is 368 Å². The molecule has 12 saturated carbocycles. The molecule has 0 amide bonds. The van der Waals surface area contributed by atoms with Gasteiger partial charge in [-0.25, -0.2) is 27.0 Å². The highest BCUT2D eigenvalue weighted by molar-refractivity contribution is 5.98. The number of aromatic nitrogens is 4. The first kappa shape index (κ1) is 85.0. The highest BCUT2D eigenvalue weighted by atomic mass is 19.1. The van der Waals surface area contributed by atoms with E-state index in [1.165, 1.54) is 244 Å². The molecule has 8 bridgehead atoms. The first-order chi connectivity index (χ1) is 62.2. The number of hydrogen-bond acceptors (Lipinski definition) is 0. The van der Waals surface area contributed by atoms with E-state index >= 15 is 4.39 Å². The molecule has 0 aliphatic heterocycles. The number of rotatable bonds is 11. The molecule has 0 saturated heterocycles. The third kappa shape index (κ3) is 16.5. The first-order valence-electron chi connectivity index (χ1n) is 48.8. The average Bonchev–Trinajstić information content (AvgIpc) is 0.743. The van der Waals surface area contributed by atoms with Crippen LogP contribution in [0.4, 0.5) is 8.78 Å². The predicted octanol–water partition coefficient (Wildman–Crippen LogP) is 30.2. The molecule has 15 aromatic rings. The van der Waals surface area contributed by atoms with Gasteiger partial charge < -0.3 is 0 Å². The van der Waals surface area contributed by atoms with Crippen molar-refractivity contribution in [2.24, 2.45) is 75.5 Å². The number of pyridine rings is 4. The number of hydrogen-bond donors (Lipinski definition) is 0. The van der Waals surface area contributed by atoms with E-state index in [-0.39, 0.29) is 11.6 Å². The van der Waals surface area contributed by atoms with Crippen molar-refractivity contribution < 1.29 is 27.0 Å². The maximum atomic E-state index is 15.3. The minimum Gasteiger partial charge on any atom is -0.206 e. The summed E-state index contributed by atoms with van der Waals surface area (Å²) in [5, 5.41) is 10.4. The zero-order chi connectivity index (χ0) is 87.9. The molecule has 6 heteroatoms. The number of nitrogens with zero attached hydrogens (tertiary/aromatic N) is 4. The van der Waals surface area contributed by atoms with E-state index < -0.39 is 0 Å². The molecule has 0 radical (unpaired) electrons. The molecule has 128 heavy (non-hydrogen) atoms. The van der Waals surface area contributed by atoms with Crippen LogP contribution in [0, 0.1) is 114 Å². The summed E-state index contributed by atoms with van der Waals surface area (Å²) in [5.41, 5.74) is 31.4. The van der Waals surface area contributed by atoms with Crippen molar-refractivity contribution in [1.82, 2.24) is 0 Å². The lowest BCUT2D eigenvalue weighted by atomic mass is 9.63. The van der Waals surface area contributed by atoms with E-state index in [2.05, 4.69) is 281 Å². The second kappa shape index (κ2) is 35.8. The number of aryl methyl sites for hydroxylation is 11. The molecule has 4 atom stereocenters. The second-order valence-corrected chi connectivity index (χ2v) is 41.0. The van der Waals surface area contributed by atoms with Crippen LogP contribution in [0.1, 0.15) is 219 Å². The molecule has 4 unspecified atom stereocenters. The molecule has 12 aliphatic rings. The fraction of sp³-hybridized carbons (Fsp3) is 0.361. The topological polar surface area (TPSA) is 15.5 Å². The van der Waals surface area contributed by atoms with Crippen LogP contribution < -0.4 is 18.3 Å². The first-order valence-corrected chi connectivity index (χ1v) is 48.8. The maximum absolute atomic E-state index is 15.3. The van der Waals surface area contributed by atoms with Crippen molar-refractivity contribution >= 4 is 43.1 Å². The molecule has 648 valence electrons. The van der Waals surface area contributed by atoms with E-state index in [4.69, 9.17) is 0 Å². The van der Waals surface area contributed by atoms with Gasteiger partial charge in [-0.2, -0.15) is 0 Å². The van der Waals surface area contributed by atoms with Gasteiger partial charge in [-0.1, -0.05) is 209 Å². The van der Waals surface area contributed by atoms with Gasteiger partial charge in [-0.3, -0.25) is 0 Å². The quantitative estimate of drug-likeness (QED) is 0.115. The van der Waals surface area contributed by atoms with Crippen LogP contribution in [0.15, 0.2) is 255 Å². The van der Waals surface area contributed by atoms with Crippen molar-refractivity contribution in [2.45, 2.75) is 207 Å². The Balaban J connectivity index is 0.000000107. The maximum Gasteiger partial charge on any atom is 0.223 e. The Morgan fingerprint density at radius 2 is 0.586 bits per heavy atom. The minimum atomic E-state index is -0.167. The van der Waals surface area contributed by atoms with Crippen LogP contribution in [0.25, 0.3) is 122 Å². The zero-order valence-electron chi connectivity index (χ0n) is 77.9. The SMILES string of the molecule is Cc1cc(-c2c(C)cccc2C)ccc1-c1c2ccc(C3CC4CCC3CC4)cc2cc[n+]1C.Cc1cc(-c2ccccc2)ccc1-c1c2ccc(C3CC4CCC3CC4)cc2cc[n+]1C.Cc1cc(C)c(F)c(-c2c3ccc(C4CC5CCC4CC5)cc3cc[n+]2C)c1C.Cc1cc(F)c(-c2ccccc2)cc1-c1c2ccc(C3CC4CCC3CC4)cc2cc[n+]1C. The van der Waals surface area contributed by atoms with E-state index in [0.29, 0.717) is 11.5 Å². The molecule has 0 spiro atoms. The smallest absolute Gasteiger partial charge is 0.206 e. The van der Waals surface area contributed by atoms with Crippen LogP contribution >= 0.6 is 0 Å². The molecular formula is C122H130F2N4+4. The minimum absolute atomic E-state index is 0.0927. The van der Waals surface area contributed by atoms with Crippen LogP contribution in [-0.2, 0) is 28.2 Å². The Bertz CT molecular complexity index is 6680. The summed E-state index contributed by atoms with van der Waals surface area (Å²) in [6.45, 7) is 16.9. The summed E-state index contributed by atoms with van der Waals surface area (Å²) < 4.78 is 39.1. The Morgan fingerprint density at radius 3 is 0.961 bits per heavy atom. The van der Waals surface area contributed by atoms with E-state index in [1.807, 2.05) is 70.3 Å². The Labute approximate surface area is 760 Å². The standard InChI is InChI=1S/C33H36N.C31H31FN.C31H32N.C27H31FN/c1-21-6-5-7-22(2)32(21)28-13-14-29(23(3)18-28)33-30-15-12-26(20-27(30)16-17-34(33)4)31-19-24-8-10-25(31)11-9-24;1-20-16-30(32)29(22-6-4-3-5-7-22)19-27(20)31-26-13-12-24(18-25(26)14-15-33(31)2)28-17-21-8-10-23(28)11-9-21;1-21-18-25(23-6-4-3-5-7-23)12-14-28(21)31-29-15-13-26(20-27(29)16-17-32(31)2)30-19-22-8-10-24(30)11-9-22;1-16-13-17(2)26(28)25(18(16)3)27-23-10-9-21(15-22(23)11-12-29(27)4)24-14-19-5-7-20(24)8-6-19/h5-7,12-18,20,24-25,31H,8-11,19H2,1-4H3;3-7,12-16,18-19,21,23,28H,8-11,17H2,1-2H3;3-7,12-18,20,22,24,30H,8-11,19H2,1-2H3;9-13,15,19-20,24H,5-8,14H2,1-4H3/q4*+1. The van der Waals surface area contributed by atoms with Gasteiger partial charge in [0, 0.05) is 41.0 Å². The fourth-order valence-electron chi connectivity index (χ4n) is 26.1. The lowest BCUT2D eigenvalue weighted by Crippen LogP contribution is -2.31. The van der Waals surface area contributed by atoms with Crippen LogP contribution in [0.5, 0.6) is 0 Å². The van der Waals surface area contributed by atoms with E-state index in [1.54, 1.807) is 17.2 Å². The Hall–Kier alpha value is -11.1. The van der Waals surface area contributed by atoms with Crippen LogP contribution in [0.2, 0.25) is 0 Å². The van der Waals surface area contributed by atoms with Crippen LogP contribution in [-0.4, -0.2) is 0 Å². The molecular weight excluding hydrogens is 1560 g/mol. The normalized spacial score (nSPS) is 22.5. The monoisotopic (exact) mass is 1690 g/mol. The van der Waals surface area contributed by atoms with Crippen molar-refractivity contribution in [3.05, 3.63) is 334 Å². The molecule has 27 rings (SSSR count). The van der Waals surface area contributed by atoms with Gasteiger partial charge in [0.25, 0.3) is 0 Å². The van der Waals surface area contributed by atoms with Crippen molar-refractivity contribution in [3.8, 4) is 78.4 Å². The highest BCUT2D eigenvalue weighted by Crippen LogP contribution is 2.55. The second-order valence-electron chi connectivity index (χ2n) is 41.0. The lowest BCUT2D eigenvalue weighted by Gasteiger charge is -2.42. The zero-order valence-corrected chi connectivity index (χ0v) is 77.9. The molecule has 11 aromatic carbocycles.